The zero-order valence-corrected chi connectivity index (χ0v) is 15.3. The Balaban J connectivity index is 1.74. The molecule has 1 saturated carbocycles. The molecule has 0 unspecified atom stereocenters. The van der Waals surface area contributed by atoms with Crippen molar-refractivity contribution in [2.24, 2.45) is 0 Å². The van der Waals surface area contributed by atoms with Crippen LogP contribution in [0.25, 0.3) is 32.9 Å². The number of rotatable bonds is 3. The molecule has 0 atom stereocenters. The topological polar surface area (TPSA) is 94.0 Å². The van der Waals surface area contributed by atoms with Crippen molar-refractivity contribution in [2.75, 3.05) is 5.73 Å². The zero-order valence-electron chi connectivity index (χ0n) is 15.3. The molecule has 1 aliphatic rings. The van der Waals surface area contributed by atoms with E-state index >= 15 is 0 Å². The van der Waals surface area contributed by atoms with Crippen LogP contribution in [0.1, 0.15) is 42.1 Å². The van der Waals surface area contributed by atoms with Crippen LogP contribution in [0.15, 0.2) is 48.9 Å². The molecule has 5 rings (SSSR count). The first kappa shape index (κ1) is 16.7. The number of carbonyl (C=O) groups is 1. The van der Waals surface area contributed by atoms with E-state index < -0.39 is 5.97 Å². The highest BCUT2D eigenvalue weighted by Gasteiger charge is 2.23. The number of anilines is 1. The van der Waals surface area contributed by atoms with Crippen molar-refractivity contribution in [2.45, 2.75) is 31.7 Å². The van der Waals surface area contributed by atoms with Gasteiger partial charge in [0.2, 0.25) is 0 Å². The normalized spacial score (nSPS) is 14.9. The minimum Gasteiger partial charge on any atom is -0.478 e. The lowest BCUT2D eigenvalue weighted by Gasteiger charge is -2.12. The van der Waals surface area contributed by atoms with Crippen LogP contribution < -0.4 is 5.73 Å². The second-order valence-electron chi connectivity index (χ2n) is 7.39. The van der Waals surface area contributed by atoms with E-state index in [1.165, 1.54) is 19.2 Å². The minimum atomic E-state index is -0.922. The van der Waals surface area contributed by atoms with Gasteiger partial charge in [0.1, 0.15) is 17.8 Å². The summed E-state index contributed by atoms with van der Waals surface area (Å²) in [5, 5.41) is 11.9. The lowest BCUT2D eigenvalue weighted by atomic mass is 9.98. The number of fused-ring (bicyclic) bond motifs is 2. The first-order valence-corrected chi connectivity index (χ1v) is 9.51. The number of carboxylic acid groups (broad SMARTS) is 1. The Morgan fingerprint density at radius 1 is 1.14 bits per heavy atom. The van der Waals surface area contributed by atoms with Gasteiger partial charge in [0, 0.05) is 17.8 Å². The van der Waals surface area contributed by atoms with Crippen LogP contribution in [0.3, 0.4) is 0 Å². The van der Waals surface area contributed by atoms with Gasteiger partial charge in [-0.2, -0.15) is 0 Å². The molecule has 0 aliphatic heterocycles. The van der Waals surface area contributed by atoms with Crippen LogP contribution in [0.5, 0.6) is 0 Å². The van der Waals surface area contributed by atoms with E-state index in [1.807, 2.05) is 24.3 Å². The van der Waals surface area contributed by atoms with Gasteiger partial charge < -0.3 is 15.4 Å². The van der Waals surface area contributed by atoms with Gasteiger partial charge in [0.25, 0.3) is 0 Å². The summed E-state index contributed by atoms with van der Waals surface area (Å²) in [5.74, 6) is -0.454. The predicted octanol–water partition coefficient (Wildman–Crippen LogP) is 4.65. The second kappa shape index (κ2) is 6.34. The Morgan fingerprint density at radius 2 is 1.96 bits per heavy atom. The van der Waals surface area contributed by atoms with Crippen LogP contribution in [0.4, 0.5) is 5.82 Å². The van der Waals surface area contributed by atoms with Crippen molar-refractivity contribution in [1.29, 1.82) is 0 Å². The predicted molar refractivity (Wildman–Crippen MR) is 109 cm³/mol. The fourth-order valence-electron chi connectivity index (χ4n) is 4.43. The Bertz CT molecular complexity index is 1220. The van der Waals surface area contributed by atoms with Crippen molar-refractivity contribution >= 4 is 33.6 Å². The van der Waals surface area contributed by atoms with Gasteiger partial charge in [-0.1, -0.05) is 37.1 Å². The molecule has 6 nitrogen and oxygen atoms in total. The standard InChI is InChI=1S/C22H20N4O2/c23-20-19-18(11-26(15-5-1-2-6-15)21(19)25-12-24-20)14-8-9-16-13(10-14)4-3-7-17(16)22(27)28/h3-4,7-12,15H,1-2,5-6H2,(H,27,28)(H2,23,24,25). The summed E-state index contributed by atoms with van der Waals surface area (Å²) in [6.07, 6.45) is 8.41. The van der Waals surface area contributed by atoms with Gasteiger partial charge in [0.15, 0.2) is 0 Å². The van der Waals surface area contributed by atoms with Crippen molar-refractivity contribution in [3.8, 4) is 11.1 Å². The molecule has 28 heavy (non-hydrogen) atoms. The van der Waals surface area contributed by atoms with Crippen LogP contribution in [-0.2, 0) is 0 Å². The molecular formula is C22H20N4O2. The Labute approximate surface area is 161 Å². The third-order valence-electron chi connectivity index (χ3n) is 5.78. The largest absolute Gasteiger partial charge is 0.478 e. The van der Waals surface area contributed by atoms with E-state index in [-0.39, 0.29) is 0 Å². The highest BCUT2D eigenvalue weighted by Crippen LogP contribution is 2.39. The van der Waals surface area contributed by atoms with E-state index in [2.05, 4.69) is 20.7 Å². The summed E-state index contributed by atoms with van der Waals surface area (Å²) in [5.41, 5.74) is 9.39. The van der Waals surface area contributed by atoms with Gasteiger partial charge in [-0.05, 0) is 41.3 Å². The first-order valence-electron chi connectivity index (χ1n) is 9.51. The molecule has 0 radical (unpaired) electrons. The number of nitrogens with two attached hydrogens (primary N) is 1. The average molecular weight is 372 g/mol. The highest BCUT2D eigenvalue weighted by atomic mass is 16.4. The summed E-state index contributed by atoms with van der Waals surface area (Å²) < 4.78 is 2.24. The van der Waals surface area contributed by atoms with Crippen LogP contribution in [0.2, 0.25) is 0 Å². The van der Waals surface area contributed by atoms with Gasteiger partial charge in [-0.15, -0.1) is 0 Å². The summed E-state index contributed by atoms with van der Waals surface area (Å²) in [6.45, 7) is 0. The summed E-state index contributed by atoms with van der Waals surface area (Å²) in [7, 11) is 0. The molecule has 2 aromatic heterocycles. The van der Waals surface area contributed by atoms with Crippen LogP contribution >= 0.6 is 0 Å². The molecule has 3 N–H and O–H groups in total. The van der Waals surface area contributed by atoms with E-state index in [4.69, 9.17) is 5.73 Å². The molecule has 0 bridgehead atoms. The summed E-state index contributed by atoms with van der Waals surface area (Å²) in [4.78, 5) is 20.2. The number of carboxylic acids is 1. The lowest BCUT2D eigenvalue weighted by Crippen LogP contribution is -2.04. The molecular weight excluding hydrogens is 352 g/mol. The Morgan fingerprint density at radius 3 is 2.75 bits per heavy atom. The molecule has 4 aromatic rings. The smallest absolute Gasteiger partial charge is 0.336 e. The molecule has 2 heterocycles. The van der Waals surface area contributed by atoms with Crippen molar-refractivity contribution in [1.82, 2.24) is 14.5 Å². The zero-order chi connectivity index (χ0) is 19.3. The van der Waals surface area contributed by atoms with Crippen molar-refractivity contribution in [3.63, 3.8) is 0 Å². The molecule has 1 fully saturated rings. The lowest BCUT2D eigenvalue weighted by molar-refractivity contribution is 0.0699. The van der Waals surface area contributed by atoms with Gasteiger partial charge in [0.05, 0.1) is 10.9 Å². The third kappa shape index (κ3) is 2.52. The third-order valence-corrected chi connectivity index (χ3v) is 5.78. The number of benzene rings is 2. The summed E-state index contributed by atoms with van der Waals surface area (Å²) in [6, 6.07) is 11.6. The molecule has 1 aliphatic carbocycles. The second-order valence-corrected chi connectivity index (χ2v) is 7.39. The molecule has 0 spiro atoms. The first-order chi connectivity index (χ1) is 13.6. The number of hydrogen-bond donors (Lipinski definition) is 2. The van der Waals surface area contributed by atoms with E-state index in [9.17, 15) is 9.90 Å². The van der Waals surface area contributed by atoms with Crippen molar-refractivity contribution < 1.29 is 9.90 Å². The summed E-state index contributed by atoms with van der Waals surface area (Å²) >= 11 is 0. The maximum absolute atomic E-state index is 11.5. The van der Waals surface area contributed by atoms with Crippen molar-refractivity contribution in [3.05, 3.63) is 54.5 Å². The number of nitrogens with zero attached hydrogens (tertiary/aromatic N) is 3. The fraction of sp³-hybridized carbons (Fsp3) is 0.227. The minimum absolute atomic E-state index is 0.306. The van der Waals surface area contributed by atoms with Crippen LogP contribution in [0, 0.1) is 0 Å². The Hall–Kier alpha value is -3.41. The Kier molecular flexibility index (Phi) is 3.79. The number of aromatic carboxylic acids is 1. The quantitative estimate of drug-likeness (QED) is 0.546. The molecule has 0 amide bonds. The highest BCUT2D eigenvalue weighted by molar-refractivity contribution is 6.06. The SMILES string of the molecule is Nc1ncnc2c1c(-c1ccc3c(C(=O)O)cccc3c1)cn2C1CCCC1. The monoisotopic (exact) mass is 372 g/mol. The number of hydrogen-bond acceptors (Lipinski definition) is 4. The molecule has 0 saturated heterocycles. The molecule has 6 heteroatoms. The molecule has 2 aromatic carbocycles. The van der Waals surface area contributed by atoms with E-state index in [0.29, 0.717) is 17.4 Å². The van der Waals surface area contributed by atoms with E-state index in [0.717, 1.165) is 45.8 Å². The van der Waals surface area contributed by atoms with E-state index in [1.54, 1.807) is 12.1 Å². The average Bonchev–Trinajstić information content (AvgIpc) is 3.35. The maximum atomic E-state index is 11.5. The van der Waals surface area contributed by atoms with Gasteiger partial charge in [-0.3, -0.25) is 0 Å². The maximum Gasteiger partial charge on any atom is 0.336 e. The number of aromatic nitrogens is 3. The fourth-order valence-corrected chi connectivity index (χ4v) is 4.43. The molecule has 140 valence electrons. The van der Waals surface area contributed by atoms with Gasteiger partial charge in [-0.25, -0.2) is 14.8 Å². The van der Waals surface area contributed by atoms with Gasteiger partial charge >= 0.3 is 5.97 Å². The number of nitrogen functional groups attached to an aromatic ring is 1. The van der Waals surface area contributed by atoms with Crippen LogP contribution in [-0.4, -0.2) is 25.6 Å².